The number of anilines is 1. The summed E-state index contributed by atoms with van der Waals surface area (Å²) in [6, 6.07) is 5.84. The lowest BCUT2D eigenvalue weighted by molar-refractivity contribution is 1.02. The highest BCUT2D eigenvalue weighted by molar-refractivity contribution is 6.32. The van der Waals surface area contributed by atoms with E-state index in [0.29, 0.717) is 16.5 Å². The molecule has 2 heterocycles. The number of fused-ring (bicyclic) bond motifs is 1. The molecule has 0 aliphatic heterocycles. The van der Waals surface area contributed by atoms with E-state index in [1.807, 2.05) is 4.57 Å². The second kappa shape index (κ2) is 4.24. The summed E-state index contributed by atoms with van der Waals surface area (Å²) in [5.41, 5.74) is 10.6. The van der Waals surface area contributed by atoms with Gasteiger partial charge in [0.15, 0.2) is 5.82 Å². The molecule has 1 aromatic carbocycles. The normalized spacial score (nSPS) is 11.1. The first kappa shape index (κ1) is 12.0. The molecule has 0 aliphatic carbocycles. The SMILES string of the molecule is Cc1cc2ncn(-c3ncc(N)cc3Cl)c2cc1C. The van der Waals surface area contributed by atoms with Gasteiger partial charge in [0.25, 0.3) is 0 Å². The van der Waals surface area contributed by atoms with Crippen molar-refractivity contribution in [1.29, 1.82) is 0 Å². The molecule has 0 radical (unpaired) electrons. The molecule has 0 aliphatic rings. The van der Waals surface area contributed by atoms with Crippen molar-refractivity contribution in [3.63, 3.8) is 0 Å². The van der Waals surface area contributed by atoms with Crippen molar-refractivity contribution in [2.45, 2.75) is 13.8 Å². The highest BCUT2D eigenvalue weighted by Crippen LogP contribution is 2.25. The van der Waals surface area contributed by atoms with Crippen LogP contribution in [-0.4, -0.2) is 14.5 Å². The summed E-state index contributed by atoms with van der Waals surface area (Å²) < 4.78 is 1.88. The van der Waals surface area contributed by atoms with E-state index < -0.39 is 0 Å². The number of aryl methyl sites for hydroxylation is 2. The van der Waals surface area contributed by atoms with Crippen LogP contribution in [0.1, 0.15) is 11.1 Å². The van der Waals surface area contributed by atoms with Crippen LogP contribution in [0.4, 0.5) is 5.69 Å². The van der Waals surface area contributed by atoms with Gasteiger partial charge in [-0.3, -0.25) is 4.57 Å². The Labute approximate surface area is 115 Å². The molecular formula is C14H13ClN4. The maximum Gasteiger partial charge on any atom is 0.157 e. The van der Waals surface area contributed by atoms with Gasteiger partial charge in [-0.15, -0.1) is 0 Å². The number of pyridine rings is 1. The zero-order chi connectivity index (χ0) is 13.6. The average molecular weight is 273 g/mol. The molecule has 3 rings (SSSR count). The number of nitrogens with two attached hydrogens (primary N) is 1. The molecule has 96 valence electrons. The Morgan fingerprint density at radius 2 is 1.84 bits per heavy atom. The Balaban J connectivity index is 2.28. The third kappa shape index (κ3) is 1.94. The van der Waals surface area contributed by atoms with E-state index >= 15 is 0 Å². The van der Waals surface area contributed by atoms with Crippen molar-refractivity contribution in [2.24, 2.45) is 0 Å². The highest BCUT2D eigenvalue weighted by Gasteiger charge is 2.10. The van der Waals surface area contributed by atoms with Crippen LogP contribution in [0.2, 0.25) is 5.02 Å². The van der Waals surface area contributed by atoms with Crippen LogP contribution < -0.4 is 5.73 Å². The molecule has 2 aromatic heterocycles. The summed E-state index contributed by atoms with van der Waals surface area (Å²) in [6.45, 7) is 4.15. The lowest BCUT2D eigenvalue weighted by atomic mass is 10.1. The molecule has 0 unspecified atom stereocenters. The molecule has 4 nitrogen and oxygen atoms in total. The van der Waals surface area contributed by atoms with E-state index in [2.05, 4.69) is 35.9 Å². The number of aromatic nitrogens is 3. The van der Waals surface area contributed by atoms with Crippen molar-refractivity contribution in [3.05, 3.63) is 46.9 Å². The Kier molecular flexibility index (Phi) is 2.68. The van der Waals surface area contributed by atoms with Gasteiger partial charge < -0.3 is 5.73 Å². The van der Waals surface area contributed by atoms with Crippen molar-refractivity contribution in [1.82, 2.24) is 14.5 Å². The van der Waals surface area contributed by atoms with Gasteiger partial charge in [0, 0.05) is 0 Å². The molecule has 3 aromatic rings. The molecular weight excluding hydrogens is 260 g/mol. The minimum absolute atomic E-state index is 0.512. The van der Waals surface area contributed by atoms with E-state index in [1.165, 1.54) is 11.1 Å². The van der Waals surface area contributed by atoms with Gasteiger partial charge in [0.2, 0.25) is 0 Å². The molecule has 0 atom stereocenters. The second-order valence-corrected chi connectivity index (χ2v) is 5.02. The largest absolute Gasteiger partial charge is 0.397 e. The highest BCUT2D eigenvalue weighted by atomic mass is 35.5. The van der Waals surface area contributed by atoms with Crippen molar-refractivity contribution < 1.29 is 0 Å². The zero-order valence-electron chi connectivity index (χ0n) is 10.7. The lowest BCUT2D eigenvalue weighted by Crippen LogP contribution is -1.98. The van der Waals surface area contributed by atoms with Crippen molar-refractivity contribution in [3.8, 4) is 5.82 Å². The zero-order valence-corrected chi connectivity index (χ0v) is 11.4. The number of benzene rings is 1. The lowest BCUT2D eigenvalue weighted by Gasteiger charge is -2.07. The summed E-state index contributed by atoms with van der Waals surface area (Å²) in [6.07, 6.45) is 3.32. The molecule has 5 heteroatoms. The first-order valence-electron chi connectivity index (χ1n) is 5.92. The number of nitrogen functional groups attached to an aromatic ring is 1. The fourth-order valence-corrected chi connectivity index (χ4v) is 2.32. The number of hydrogen-bond donors (Lipinski definition) is 1. The predicted octanol–water partition coefficient (Wildman–Crippen LogP) is 3.27. The summed E-state index contributed by atoms with van der Waals surface area (Å²) in [7, 11) is 0. The summed E-state index contributed by atoms with van der Waals surface area (Å²) in [4.78, 5) is 8.68. The molecule has 0 fully saturated rings. The first-order valence-corrected chi connectivity index (χ1v) is 6.30. The van der Waals surface area contributed by atoms with Crippen LogP contribution >= 0.6 is 11.6 Å². The van der Waals surface area contributed by atoms with Crippen LogP contribution in [-0.2, 0) is 0 Å². The molecule has 2 N–H and O–H groups in total. The predicted molar refractivity (Wildman–Crippen MR) is 77.8 cm³/mol. The standard InChI is InChI=1S/C14H13ClN4/c1-8-3-12-13(4-9(8)2)19(7-18-12)14-11(15)5-10(16)6-17-14/h3-7H,16H2,1-2H3. The Bertz CT molecular complexity index is 776. The number of imidazole rings is 1. The van der Waals surface area contributed by atoms with Crippen molar-refractivity contribution in [2.75, 3.05) is 5.73 Å². The number of halogens is 1. The number of nitrogens with zero attached hydrogens (tertiary/aromatic N) is 3. The molecule has 0 bridgehead atoms. The van der Waals surface area contributed by atoms with Gasteiger partial charge in [0.05, 0.1) is 27.9 Å². The summed E-state index contributed by atoms with van der Waals surface area (Å²) in [5, 5.41) is 0.512. The first-order chi connectivity index (χ1) is 9.06. The summed E-state index contributed by atoms with van der Waals surface area (Å²) in [5.74, 6) is 0.640. The topological polar surface area (TPSA) is 56.7 Å². The molecule has 0 spiro atoms. The second-order valence-electron chi connectivity index (χ2n) is 4.61. The Morgan fingerprint density at radius 1 is 1.11 bits per heavy atom. The van der Waals surface area contributed by atoms with E-state index in [-0.39, 0.29) is 0 Å². The fourth-order valence-electron chi connectivity index (χ4n) is 2.06. The minimum Gasteiger partial charge on any atom is -0.397 e. The third-order valence-electron chi connectivity index (χ3n) is 3.23. The van der Waals surface area contributed by atoms with Gasteiger partial charge in [-0.05, 0) is 43.2 Å². The maximum atomic E-state index is 6.20. The average Bonchev–Trinajstić information content (AvgIpc) is 2.73. The Hall–Kier alpha value is -2.07. The maximum absolute atomic E-state index is 6.20. The molecule has 0 saturated heterocycles. The van der Waals surface area contributed by atoms with Gasteiger partial charge in [-0.25, -0.2) is 9.97 Å². The minimum atomic E-state index is 0.512. The molecule has 0 amide bonds. The van der Waals surface area contributed by atoms with E-state index in [0.717, 1.165) is 11.0 Å². The van der Waals surface area contributed by atoms with E-state index in [4.69, 9.17) is 17.3 Å². The van der Waals surface area contributed by atoms with Crippen LogP contribution in [0.5, 0.6) is 0 Å². The smallest absolute Gasteiger partial charge is 0.157 e. The van der Waals surface area contributed by atoms with Gasteiger partial charge in [-0.1, -0.05) is 11.6 Å². The van der Waals surface area contributed by atoms with Crippen LogP contribution in [0, 0.1) is 13.8 Å². The monoisotopic (exact) mass is 272 g/mol. The molecule has 0 saturated carbocycles. The van der Waals surface area contributed by atoms with Gasteiger partial charge >= 0.3 is 0 Å². The van der Waals surface area contributed by atoms with Crippen molar-refractivity contribution >= 4 is 28.3 Å². The van der Waals surface area contributed by atoms with Crippen LogP contribution in [0.25, 0.3) is 16.9 Å². The quantitative estimate of drug-likeness (QED) is 0.740. The summed E-state index contributed by atoms with van der Waals surface area (Å²) >= 11 is 6.20. The fraction of sp³-hybridized carbons (Fsp3) is 0.143. The van der Waals surface area contributed by atoms with E-state index in [9.17, 15) is 0 Å². The van der Waals surface area contributed by atoms with Crippen LogP contribution in [0.3, 0.4) is 0 Å². The van der Waals surface area contributed by atoms with Crippen LogP contribution in [0.15, 0.2) is 30.7 Å². The number of hydrogen-bond acceptors (Lipinski definition) is 3. The Morgan fingerprint density at radius 3 is 2.58 bits per heavy atom. The molecule has 19 heavy (non-hydrogen) atoms. The third-order valence-corrected chi connectivity index (χ3v) is 3.51. The van der Waals surface area contributed by atoms with Gasteiger partial charge in [0.1, 0.15) is 6.33 Å². The van der Waals surface area contributed by atoms with E-state index in [1.54, 1.807) is 18.6 Å². The van der Waals surface area contributed by atoms with Gasteiger partial charge in [-0.2, -0.15) is 0 Å². The number of rotatable bonds is 1.